The summed E-state index contributed by atoms with van der Waals surface area (Å²) in [5, 5.41) is 61.6. The topological polar surface area (TPSA) is 192 Å². The second kappa shape index (κ2) is 13.3. The molecule has 1 heterocycles. The fourth-order valence-electron chi connectivity index (χ4n) is 8.90. The van der Waals surface area contributed by atoms with E-state index in [0.717, 1.165) is 0 Å². The number of ketones is 1. The molecule has 263 valence electrons. The van der Waals surface area contributed by atoms with E-state index >= 15 is 0 Å². The number of rotatable bonds is 5. The van der Waals surface area contributed by atoms with Crippen LogP contribution in [0.15, 0.2) is 41.5 Å². The molecule has 2 saturated carbocycles. The number of aliphatic hydroxyl groups excluding tert-OH is 3. The molecule has 2 bridgehead atoms. The van der Waals surface area contributed by atoms with Crippen LogP contribution in [-0.2, 0) is 23.8 Å². The summed E-state index contributed by atoms with van der Waals surface area (Å²) >= 11 is 0. The molecule has 12 nitrogen and oxygen atoms in total. The molecule has 3 fully saturated rings. The van der Waals surface area contributed by atoms with Crippen LogP contribution < -0.4 is 5.32 Å². The molecule has 1 aromatic rings. The molecule has 1 aromatic carbocycles. The molecule has 11 atom stereocenters. The van der Waals surface area contributed by atoms with Crippen LogP contribution in [0.3, 0.4) is 0 Å². The monoisotopic (exact) mass is 886 g/mol. The number of aliphatic hydroxyl groups is 5. The Bertz CT molecular complexity index is 1460. The van der Waals surface area contributed by atoms with Gasteiger partial charge < -0.3 is 45.1 Å². The van der Waals surface area contributed by atoms with Gasteiger partial charge in [0.1, 0.15) is 23.4 Å². The Labute approximate surface area is 317 Å². The van der Waals surface area contributed by atoms with Crippen molar-refractivity contribution in [2.75, 3.05) is 6.61 Å². The van der Waals surface area contributed by atoms with Crippen LogP contribution >= 0.6 is 0 Å². The van der Waals surface area contributed by atoms with Gasteiger partial charge in [0.15, 0.2) is 11.9 Å². The number of ether oxygens (including phenoxy) is 3. The van der Waals surface area contributed by atoms with Crippen molar-refractivity contribution in [1.29, 1.82) is 0 Å². The predicted octanol–water partition coefficient (Wildman–Crippen LogP) is 2.10. The average Bonchev–Trinajstić information content (AvgIpc) is 2.98. The van der Waals surface area contributed by atoms with E-state index in [2.05, 4.69) is 5.32 Å². The molecule has 1 amide bonds. The third-order valence-corrected chi connectivity index (χ3v) is 11.5. The van der Waals surface area contributed by atoms with Gasteiger partial charge in [-0.2, -0.15) is 0 Å². The minimum Gasteiger partial charge on any atom is -0.456 e. The van der Waals surface area contributed by atoms with Gasteiger partial charge in [-0.05, 0) is 57.2 Å². The minimum absolute atomic E-state index is 0. The number of alkyl carbamates (subject to hydrolysis) is 1. The Morgan fingerprint density at radius 3 is 2.23 bits per heavy atom. The zero-order chi connectivity index (χ0) is 35.1. The van der Waals surface area contributed by atoms with Crippen LogP contribution in [0.5, 0.6) is 0 Å². The molecule has 8 unspecified atom stereocenters. The zero-order valence-corrected chi connectivity index (χ0v) is 33.6. The molecule has 13 heteroatoms. The van der Waals surface area contributed by atoms with Gasteiger partial charge in [0.25, 0.3) is 0 Å². The summed E-state index contributed by atoms with van der Waals surface area (Å²) in [6.45, 7) is 13.1. The average molecular weight is 887 g/mol. The molecule has 1 aliphatic heterocycles. The van der Waals surface area contributed by atoms with Crippen molar-refractivity contribution in [1.82, 2.24) is 5.32 Å². The van der Waals surface area contributed by atoms with Gasteiger partial charge in [-0.1, -0.05) is 51.1 Å². The summed E-state index contributed by atoms with van der Waals surface area (Å²) in [5.74, 6) is -3.71. The Morgan fingerprint density at radius 1 is 1.08 bits per heavy atom. The number of benzene rings is 1. The van der Waals surface area contributed by atoms with Crippen LogP contribution in [0, 0.1) is 66.7 Å². The number of carbonyl (C=O) groups excluding carboxylic acids is 3. The van der Waals surface area contributed by atoms with Gasteiger partial charge >= 0.3 is 12.1 Å². The molecule has 0 spiro atoms. The Kier molecular flexibility index (Phi) is 10.9. The molecule has 1 radical (unpaired) electrons. The van der Waals surface area contributed by atoms with Gasteiger partial charge in [-0.3, -0.25) is 4.79 Å². The quantitative estimate of drug-likeness (QED) is 0.188. The fraction of sp³-hybridized carbons (Fsp3) is 0.686. The molecule has 0 aromatic heterocycles. The second-order valence-corrected chi connectivity index (χ2v) is 15.6. The minimum atomic E-state index is -1.91. The first kappa shape index (κ1) is 39.4. The molecule has 1 saturated heterocycles. The molecular weight excluding hydrogens is 837 g/mol. The maximum Gasteiger partial charge on any atom is 0.408 e. The number of nitrogens with one attached hydrogen (secondary N) is 1. The molecule has 4 aliphatic rings. The van der Waals surface area contributed by atoms with Crippen molar-refractivity contribution in [2.24, 2.45) is 22.7 Å². The molecule has 3 aliphatic carbocycles. The number of amides is 1. The Balaban J connectivity index is 0.00000520. The summed E-state index contributed by atoms with van der Waals surface area (Å²) in [6, 6.07) is 7.08. The van der Waals surface area contributed by atoms with Crippen molar-refractivity contribution in [3.63, 3.8) is 0 Å². The van der Waals surface area contributed by atoms with Gasteiger partial charge in [0.2, 0.25) is 0 Å². The Morgan fingerprint density at radius 2 is 1.69 bits per heavy atom. The van der Waals surface area contributed by atoms with Crippen LogP contribution in [0.1, 0.15) is 79.8 Å². The molecular formula is C35H49AcNO11. The largest absolute Gasteiger partial charge is 0.456 e. The van der Waals surface area contributed by atoms with Crippen molar-refractivity contribution in [2.45, 2.75) is 122 Å². The number of hydrogen-bond donors (Lipinski definition) is 6. The van der Waals surface area contributed by atoms with Crippen molar-refractivity contribution in [3.05, 3.63) is 47.0 Å². The zero-order valence-electron chi connectivity index (χ0n) is 28.9. The van der Waals surface area contributed by atoms with E-state index in [9.17, 15) is 39.9 Å². The van der Waals surface area contributed by atoms with E-state index < -0.39 is 93.9 Å². The number of fused-ring (bicyclic) bond motifs is 5. The third-order valence-electron chi connectivity index (χ3n) is 11.5. The summed E-state index contributed by atoms with van der Waals surface area (Å²) in [6.07, 6.45) is -8.00. The first-order valence-electron chi connectivity index (χ1n) is 16.2. The number of Topliss-reactive ketones (excluding diaryl/α,β-unsaturated/α-hetero) is 1. The number of carbonyl (C=O) groups is 3. The van der Waals surface area contributed by atoms with E-state index in [0.29, 0.717) is 11.1 Å². The summed E-state index contributed by atoms with van der Waals surface area (Å²) in [4.78, 5) is 40.7. The van der Waals surface area contributed by atoms with Gasteiger partial charge in [-0.15, -0.1) is 0 Å². The third kappa shape index (κ3) is 6.12. The van der Waals surface area contributed by atoms with Crippen LogP contribution in [-0.4, -0.2) is 97.3 Å². The van der Waals surface area contributed by atoms with Gasteiger partial charge in [-0.25, -0.2) is 9.59 Å². The summed E-state index contributed by atoms with van der Waals surface area (Å²) in [5.41, 5.74) is -6.20. The standard InChI is InChI=1S/C35H49NO11.Ac/c1-17-20(46-29(41)26(39)24(19-12-10-9-11-13-19)36-30(42)47-31(3,4)5)15-35(44)18(2)27-33(8,21(37)14-22-34(27,43)16-45-22)28(40)25(38)23(17)32(35,6)7;/h9-13,18,20-22,24-27,37-39,43-44H,14-16H2,1-8H3,(H,36,42);/t18-,20?,21?,22?,24?,25?,26?,27?,33+,34-,35?;/m0./s1. The summed E-state index contributed by atoms with van der Waals surface area (Å²) < 4.78 is 16.8. The molecule has 48 heavy (non-hydrogen) atoms. The molecule has 5 rings (SSSR count). The van der Waals surface area contributed by atoms with Crippen molar-refractivity contribution >= 4 is 17.8 Å². The number of hydrogen-bond acceptors (Lipinski definition) is 11. The van der Waals surface area contributed by atoms with E-state index in [1.165, 1.54) is 6.92 Å². The normalized spacial score (nSPS) is 38.4. The molecule has 6 N–H and O–H groups in total. The van der Waals surface area contributed by atoms with Gasteiger partial charge in [0.05, 0.1) is 35.9 Å². The van der Waals surface area contributed by atoms with Crippen LogP contribution in [0.25, 0.3) is 0 Å². The first-order valence-corrected chi connectivity index (χ1v) is 16.2. The van der Waals surface area contributed by atoms with Crippen molar-refractivity contribution in [3.8, 4) is 0 Å². The fourth-order valence-corrected chi connectivity index (χ4v) is 8.90. The smallest absolute Gasteiger partial charge is 0.408 e. The van der Waals surface area contributed by atoms with E-state index in [4.69, 9.17) is 14.2 Å². The maximum atomic E-state index is 14.3. The van der Waals surface area contributed by atoms with Crippen molar-refractivity contribution < 1.29 is 98.2 Å². The van der Waals surface area contributed by atoms with Crippen LogP contribution in [0.2, 0.25) is 0 Å². The SMILES string of the molecule is CC1=C2C(O)C(=O)[C@]3(C)C(O)CC4OC[C@@]4(O)C3[C@H](C)C(O)(CC1OC(=O)C(O)C(NC(=O)OC(C)(C)C)c1ccccc1)C2(C)C.[Ac]. The number of esters is 1. The van der Waals surface area contributed by atoms with E-state index in [1.54, 1.807) is 78.8 Å². The van der Waals surface area contributed by atoms with Crippen LogP contribution in [0.4, 0.5) is 4.79 Å². The van der Waals surface area contributed by atoms with E-state index in [-0.39, 0.29) is 69.1 Å². The first-order chi connectivity index (χ1) is 21.6. The maximum absolute atomic E-state index is 14.3. The predicted molar refractivity (Wildman–Crippen MR) is 168 cm³/mol. The Hall–Kier alpha value is -1.43. The van der Waals surface area contributed by atoms with E-state index in [1.807, 2.05) is 0 Å². The van der Waals surface area contributed by atoms with Gasteiger partial charge in [0, 0.05) is 68.2 Å². The second-order valence-electron chi connectivity index (χ2n) is 15.6. The summed E-state index contributed by atoms with van der Waals surface area (Å²) in [7, 11) is 0.